The number of aliphatic hydroxyl groups excluding tert-OH is 1. The second-order valence-electron chi connectivity index (χ2n) is 7.22. The lowest BCUT2D eigenvalue weighted by Crippen LogP contribution is -2.55. The maximum atomic E-state index is 12.8. The Labute approximate surface area is 182 Å². The normalized spacial score (nSPS) is 16.8. The summed E-state index contributed by atoms with van der Waals surface area (Å²) in [5.41, 5.74) is 6.78. The number of carbonyl (C=O) groups is 2. The maximum Gasteiger partial charge on any atom is 0.247 e. The van der Waals surface area contributed by atoms with Gasteiger partial charge in [0.15, 0.2) is 0 Å². The van der Waals surface area contributed by atoms with Crippen molar-refractivity contribution in [3.63, 3.8) is 0 Å². The van der Waals surface area contributed by atoms with Crippen LogP contribution in [0, 0.1) is 5.41 Å². The van der Waals surface area contributed by atoms with Gasteiger partial charge in [0.25, 0.3) is 0 Å². The van der Waals surface area contributed by atoms with Gasteiger partial charge >= 0.3 is 0 Å². The first-order chi connectivity index (χ1) is 14.7. The summed E-state index contributed by atoms with van der Waals surface area (Å²) in [6.07, 6.45) is 4.32. The summed E-state index contributed by atoms with van der Waals surface area (Å²) in [4.78, 5) is 26.7. The van der Waals surface area contributed by atoms with Gasteiger partial charge in [-0.25, -0.2) is 13.1 Å². The number of nitrogens with zero attached hydrogens (tertiary/aromatic N) is 1. The fourth-order valence-electron chi connectivity index (χ4n) is 3.05. The van der Waals surface area contributed by atoms with E-state index in [2.05, 4.69) is 10.0 Å². The fourth-order valence-corrected chi connectivity index (χ4v) is 4.44. The Morgan fingerprint density at radius 1 is 1.32 bits per heavy atom. The van der Waals surface area contributed by atoms with Crippen LogP contribution in [0.1, 0.15) is 30.9 Å². The molecular weight excluding hydrogens is 422 g/mol. The lowest BCUT2D eigenvalue weighted by atomic mass is 10.1. The molecule has 1 aliphatic heterocycles. The first kappa shape index (κ1) is 24.5. The van der Waals surface area contributed by atoms with E-state index < -0.39 is 40.5 Å². The molecule has 2 rings (SSSR count). The SMILES string of the molecule is CCCCS(=O)(=O)N[C@H](CO)C(=O)N1CC=CC1C(=O)NCc1ccc(C(=N)N)cc1. The van der Waals surface area contributed by atoms with Crippen molar-refractivity contribution >= 4 is 27.7 Å². The molecule has 1 heterocycles. The number of hydrogen-bond acceptors (Lipinski definition) is 6. The molecule has 1 aromatic rings. The summed E-state index contributed by atoms with van der Waals surface area (Å²) in [6.45, 7) is 1.48. The predicted octanol–water partition coefficient (Wildman–Crippen LogP) is -0.566. The zero-order valence-electron chi connectivity index (χ0n) is 17.4. The minimum Gasteiger partial charge on any atom is -0.394 e. The van der Waals surface area contributed by atoms with Gasteiger partial charge in [-0.1, -0.05) is 49.8 Å². The number of carbonyl (C=O) groups excluding carboxylic acids is 2. The number of benzene rings is 1. The van der Waals surface area contributed by atoms with Gasteiger partial charge in [0.2, 0.25) is 21.8 Å². The molecule has 0 bridgehead atoms. The second kappa shape index (κ2) is 11.0. The molecule has 0 saturated heterocycles. The van der Waals surface area contributed by atoms with Crippen molar-refractivity contribution in [1.82, 2.24) is 14.9 Å². The third-order valence-electron chi connectivity index (χ3n) is 4.81. The average Bonchev–Trinajstić information content (AvgIpc) is 3.24. The molecule has 0 saturated carbocycles. The van der Waals surface area contributed by atoms with E-state index in [-0.39, 0.29) is 24.7 Å². The summed E-state index contributed by atoms with van der Waals surface area (Å²) in [7, 11) is -3.73. The van der Waals surface area contributed by atoms with E-state index in [0.29, 0.717) is 18.4 Å². The third kappa shape index (κ3) is 6.88. The molecule has 0 aromatic heterocycles. The first-order valence-corrected chi connectivity index (χ1v) is 11.6. The largest absolute Gasteiger partial charge is 0.394 e. The molecule has 1 aliphatic rings. The fraction of sp³-hybridized carbons (Fsp3) is 0.450. The summed E-state index contributed by atoms with van der Waals surface area (Å²) < 4.78 is 26.5. The van der Waals surface area contributed by atoms with Gasteiger partial charge in [-0.3, -0.25) is 15.0 Å². The van der Waals surface area contributed by atoms with E-state index in [1.54, 1.807) is 36.4 Å². The standard InChI is InChI=1S/C20H29N5O5S/c1-2-3-11-31(29,30)24-16(13-26)20(28)25-10-4-5-17(25)19(27)23-12-14-6-8-15(9-7-14)18(21)22/h4-9,16-17,24,26H,2-3,10-13H2,1H3,(H3,21,22)(H,23,27)/t16-,17?/m1/s1. The minimum absolute atomic E-state index is 0.0513. The van der Waals surface area contributed by atoms with Crippen molar-refractivity contribution < 1.29 is 23.1 Å². The van der Waals surface area contributed by atoms with E-state index >= 15 is 0 Å². The lowest BCUT2D eigenvalue weighted by molar-refractivity contribution is -0.139. The molecule has 2 amide bonds. The van der Waals surface area contributed by atoms with Gasteiger partial charge in [-0.15, -0.1) is 0 Å². The van der Waals surface area contributed by atoms with Crippen LogP contribution in [0.4, 0.5) is 0 Å². The van der Waals surface area contributed by atoms with Gasteiger partial charge in [0.1, 0.15) is 17.9 Å². The smallest absolute Gasteiger partial charge is 0.247 e. The minimum atomic E-state index is -3.73. The Kier molecular flexibility index (Phi) is 8.72. The predicted molar refractivity (Wildman–Crippen MR) is 117 cm³/mol. The van der Waals surface area contributed by atoms with Crippen molar-refractivity contribution in [3.8, 4) is 0 Å². The number of nitrogens with two attached hydrogens (primary N) is 1. The molecule has 6 N–H and O–H groups in total. The van der Waals surface area contributed by atoms with E-state index in [1.807, 2.05) is 6.92 Å². The highest BCUT2D eigenvalue weighted by Gasteiger charge is 2.35. The van der Waals surface area contributed by atoms with E-state index in [4.69, 9.17) is 11.1 Å². The van der Waals surface area contributed by atoms with Gasteiger partial charge in [0, 0.05) is 18.7 Å². The van der Waals surface area contributed by atoms with Crippen LogP contribution in [0.3, 0.4) is 0 Å². The molecular formula is C20H29N5O5S. The molecule has 11 heteroatoms. The number of nitrogen functional groups attached to an aromatic ring is 1. The molecule has 2 atom stereocenters. The Morgan fingerprint density at radius 3 is 2.58 bits per heavy atom. The molecule has 0 radical (unpaired) electrons. The van der Waals surface area contributed by atoms with E-state index in [0.717, 1.165) is 5.56 Å². The number of hydrogen-bond donors (Lipinski definition) is 5. The molecule has 0 spiro atoms. The van der Waals surface area contributed by atoms with Crippen LogP contribution in [0.2, 0.25) is 0 Å². The highest BCUT2D eigenvalue weighted by molar-refractivity contribution is 7.89. The summed E-state index contributed by atoms with van der Waals surface area (Å²) in [5.74, 6) is -1.29. The Balaban J connectivity index is 1.99. The monoisotopic (exact) mass is 451 g/mol. The number of aliphatic hydroxyl groups is 1. The van der Waals surface area contributed by atoms with Gasteiger partial charge in [-0.2, -0.15) is 0 Å². The molecule has 31 heavy (non-hydrogen) atoms. The Hall–Kier alpha value is -2.76. The molecule has 1 unspecified atom stereocenters. The highest BCUT2D eigenvalue weighted by atomic mass is 32.2. The van der Waals surface area contributed by atoms with Crippen molar-refractivity contribution in [2.75, 3.05) is 18.9 Å². The Bertz CT molecular complexity index is 930. The molecule has 0 aliphatic carbocycles. The number of nitrogens with one attached hydrogen (secondary N) is 3. The summed E-state index contributed by atoms with van der Waals surface area (Å²) in [6, 6.07) is 4.56. The van der Waals surface area contributed by atoms with Crippen LogP contribution in [-0.2, 0) is 26.2 Å². The molecule has 0 fully saturated rings. The van der Waals surface area contributed by atoms with Crippen molar-refractivity contribution in [2.45, 2.75) is 38.4 Å². The topological polar surface area (TPSA) is 166 Å². The van der Waals surface area contributed by atoms with Crippen molar-refractivity contribution in [3.05, 3.63) is 47.5 Å². The van der Waals surface area contributed by atoms with Crippen LogP contribution >= 0.6 is 0 Å². The lowest BCUT2D eigenvalue weighted by Gasteiger charge is -2.27. The van der Waals surface area contributed by atoms with E-state index in [9.17, 15) is 23.1 Å². The van der Waals surface area contributed by atoms with E-state index in [1.165, 1.54) is 4.90 Å². The molecule has 170 valence electrons. The third-order valence-corrected chi connectivity index (χ3v) is 6.28. The zero-order chi connectivity index (χ0) is 23.0. The van der Waals surface area contributed by atoms with Gasteiger partial charge in [0.05, 0.1) is 12.4 Å². The summed E-state index contributed by atoms with van der Waals surface area (Å²) in [5, 5.41) is 19.7. The number of unbranched alkanes of at least 4 members (excludes halogenated alkanes) is 1. The summed E-state index contributed by atoms with van der Waals surface area (Å²) >= 11 is 0. The highest BCUT2D eigenvalue weighted by Crippen LogP contribution is 2.13. The van der Waals surface area contributed by atoms with Gasteiger partial charge < -0.3 is 21.1 Å². The van der Waals surface area contributed by atoms with Crippen LogP contribution in [-0.4, -0.2) is 67.1 Å². The second-order valence-corrected chi connectivity index (χ2v) is 9.09. The van der Waals surface area contributed by atoms with Crippen molar-refractivity contribution in [2.24, 2.45) is 5.73 Å². The zero-order valence-corrected chi connectivity index (χ0v) is 18.2. The number of amidine groups is 1. The van der Waals surface area contributed by atoms with Crippen LogP contribution < -0.4 is 15.8 Å². The van der Waals surface area contributed by atoms with Gasteiger partial charge in [-0.05, 0) is 12.0 Å². The van der Waals surface area contributed by atoms with Crippen molar-refractivity contribution in [1.29, 1.82) is 5.41 Å². The quantitative estimate of drug-likeness (QED) is 0.172. The number of rotatable bonds is 11. The first-order valence-electron chi connectivity index (χ1n) is 9.97. The van der Waals surface area contributed by atoms with Crippen LogP contribution in [0.15, 0.2) is 36.4 Å². The average molecular weight is 452 g/mol. The molecule has 10 nitrogen and oxygen atoms in total. The number of amides is 2. The maximum absolute atomic E-state index is 12.8. The van der Waals surface area contributed by atoms with Crippen LogP contribution in [0.5, 0.6) is 0 Å². The number of sulfonamides is 1. The van der Waals surface area contributed by atoms with Crippen LogP contribution in [0.25, 0.3) is 0 Å². The molecule has 1 aromatic carbocycles. The Morgan fingerprint density at radius 2 is 2.00 bits per heavy atom.